The van der Waals surface area contributed by atoms with E-state index in [0.717, 1.165) is 51.4 Å². The van der Waals surface area contributed by atoms with Gasteiger partial charge in [-0.1, -0.05) is 52.4 Å². The van der Waals surface area contributed by atoms with Gasteiger partial charge in [-0.15, -0.1) is 0 Å². The molecule has 0 rings (SSSR count). The number of esters is 2. The first kappa shape index (κ1) is 33.7. The number of rotatable bonds is 28. The Bertz CT molecular complexity index is 420. The Morgan fingerprint density at radius 3 is 0.971 bits per heavy atom. The second kappa shape index (κ2) is 29.0. The van der Waals surface area contributed by atoms with Crippen LogP contribution in [0.3, 0.4) is 0 Å². The Morgan fingerprint density at radius 1 is 0.400 bits per heavy atom. The molecule has 0 aliphatic heterocycles. The topological polar surface area (TPSA) is 98.8 Å². The largest absolute Gasteiger partial charge is 0.463 e. The van der Waals surface area contributed by atoms with Crippen LogP contribution < -0.4 is 0 Å². The van der Waals surface area contributed by atoms with Crippen molar-refractivity contribution in [2.45, 2.75) is 78.1 Å². The molecule has 0 saturated heterocycles. The summed E-state index contributed by atoms with van der Waals surface area (Å²) in [4.78, 5) is 23.0. The van der Waals surface area contributed by atoms with Gasteiger partial charge in [-0.3, -0.25) is 9.59 Å². The molecule has 0 atom stereocenters. The molecule has 0 aliphatic carbocycles. The molecule has 9 heteroatoms. The summed E-state index contributed by atoms with van der Waals surface area (Å²) in [5, 5.41) is 0. The monoisotopic (exact) mass is 506 g/mol. The predicted molar refractivity (Wildman–Crippen MR) is 134 cm³/mol. The van der Waals surface area contributed by atoms with E-state index in [1.807, 2.05) is 0 Å². The number of ether oxygens (including phenoxy) is 7. The van der Waals surface area contributed by atoms with E-state index in [9.17, 15) is 9.59 Å². The van der Waals surface area contributed by atoms with Gasteiger partial charge in [-0.05, 0) is 12.8 Å². The number of hydrogen-bond donors (Lipinski definition) is 0. The lowest BCUT2D eigenvalue weighted by Gasteiger charge is -2.08. The van der Waals surface area contributed by atoms with Gasteiger partial charge in [-0.2, -0.15) is 0 Å². The molecule has 0 saturated carbocycles. The van der Waals surface area contributed by atoms with Gasteiger partial charge < -0.3 is 33.2 Å². The summed E-state index contributed by atoms with van der Waals surface area (Å²) in [6, 6.07) is 0. The van der Waals surface area contributed by atoms with Crippen molar-refractivity contribution in [3.63, 3.8) is 0 Å². The van der Waals surface area contributed by atoms with Crippen LogP contribution in [0.4, 0.5) is 0 Å². The maximum Gasteiger partial charge on any atom is 0.305 e. The van der Waals surface area contributed by atoms with Crippen LogP contribution in [-0.2, 0) is 42.7 Å². The first-order valence-electron chi connectivity index (χ1n) is 13.4. The van der Waals surface area contributed by atoms with E-state index in [4.69, 9.17) is 33.2 Å². The summed E-state index contributed by atoms with van der Waals surface area (Å²) >= 11 is 0. The van der Waals surface area contributed by atoms with Gasteiger partial charge in [0.1, 0.15) is 13.2 Å². The van der Waals surface area contributed by atoms with Gasteiger partial charge in [0.15, 0.2) is 0 Å². The van der Waals surface area contributed by atoms with Crippen molar-refractivity contribution in [2.24, 2.45) is 0 Å². The molecule has 0 spiro atoms. The average Bonchev–Trinajstić information content (AvgIpc) is 2.86. The number of unbranched alkanes of at least 4 members (excludes halogenated alkanes) is 6. The van der Waals surface area contributed by atoms with Crippen molar-refractivity contribution < 1.29 is 42.7 Å². The fourth-order valence-electron chi connectivity index (χ4n) is 2.95. The smallest absolute Gasteiger partial charge is 0.305 e. The zero-order chi connectivity index (χ0) is 25.7. The van der Waals surface area contributed by atoms with E-state index >= 15 is 0 Å². The molecule has 0 unspecified atom stereocenters. The van der Waals surface area contributed by atoms with Gasteiger partial charge >= 0.3 is 11.9 Å². The maximum atomic E-state index is 11.5. The minimum absolute atomic E-state index is 0.152. The van der Waals surface area contributed by atoms with E-state index in [1.54, 1.807) is 0 Å². The first-order valence-corrected chi connectivity index (χ1v) is 13.4. The van der Waals surface area contributed by atoms with Crippen molar-refractivity contribution in [3.05, 3.63) is 0 Å². The highest BCUT2D eigenvalue weighted by Gasteiger charge is 2.03. The number of carbonyl (C=O) groups is 2. The van der Waals surface area contributed by atoms with E-state index in [1.165, 1.54) is 0 Å². The van der Waals surface area contributed by atoms with Crippen molar-refractivity contribution in [2.75, 3.05) is 79.3 Å². The standard InChI is InChI=1S/C26H50O9/c1-3-5-7-9-11-25(27)34-23-21-32-19-17-30-15-13-29-14-16-31-18-20-33-22-24-35-26(28)12-10-8-6-4-2/h3-24H2,1-2H3. The molecular formula is C26H50O9. The van der Waals surface area contributed by atoms with Gasteiger partial charge in [0, 0.05) is 12.8 Å². The highest BCUT2D eigenvalue weighted by atomic mass is 16.6. The van der Waals surface area contributed by atoms with Gasteiger partial charge in [-0.25, -0.2) is 0 Å². The van der Waals surface area contributed by atoms with Crippen molar-refractivity contribution in [1.82, 2.24) is 0 Å². The molecule has 0 aliphatic rings. The fourth-order valence-corrected chi connectivity index (χ4v) is 2.95. The Labute approximate surface area is 212 Å². The normalized spacial score (nSPS) is 11.0. The Balaban J connectivity index is 3.14. The average molecular weight is 507 g/mol. The number of carbonyl (C=O) groups excluding carboxylic acids is 2. The second-order valence-electron chi connectivity index (χ2n) is 8.12. The van der Waals surface area contributed by atoms with Crippen molar-refractivity contribution >= 4 is 11.9 Å². The second-order valence-corrected chi connectivity index (χ2v) is 8.12. The zero-order valence-electron chi connectivity index (χ0n) is 22.2. The minimum Gasteiger partial charge on any atom is -0.463 e. The quantitative estimate of drug-likeness (QED) is 0.115. The van der Waals surface area contributed by atoms with Gasteiger partial charge in [0.25, 0.3) is 0 Å². The van der Waals surface area contributed by atoms with Crippen LogP contribution >= 0.6 is 0 Å². The Morgan fingerprint density at radius 2 is 0.686 bits per heavy atom. The van der Waals surface area contributed by atoms with Crippen LogP contribution in [0.15, 0.2) is 0 Å². The molecule has 0 aromatic carbocycles. The molecule has 0 radical (unpaired) electrons. The van der Waals surface area contributed by atoms with Crippen LogP contribution in [0.5, 0.6) is 0 Å². The molecule has 0 amide bonds. The van der Waals surface area contributed by atoms with Gasteiger partial charge in [0.05, 0.1) is 66.1 Å². The van der Waals surface area contributed by atoms with E-state index in [-0.39, 0.29) is 25.2 Å². The van der Waals surface area contributed by atoms with Crippen molar-refractivity contribution in [3.8, 4) is 0 Å². The molecular weight excluding hydrogens is 456 g/mol. The summed E-state index contributed by atoms with van der Waals surface area (Å²) in [5.74, 6) is -0.304. The minimum atomic E-state index is -0.152. The summed E-state index contributed by atoms with van der Waals surface area (Å²) in [5.41, 5.74) is 0. The molecule has 0 fully saturated rings. The lowest BCUT2D eigenvalue weighted by molar-refractivity contribution is -0.146. The van der Waals surface area contributed by atoms with Crippen LogP contribution in [-0.4, -0.2) is 91.2 Å². The molecule has 0 aromatic rings. The first-order chi connectivity index (χ1) is 17.2. The summed E-state index contributed by atoms with van der Waals surface area (Å²) in [6.45, 7) is 9.40. The number of hydrogen-bond acceptors (Lipinski definition) is 9. The van der Waals surface area contributed by atoms with E-state index in [2.05, 4.69) is 13.8 Å². The molecule has 0 bridgehead atoms. The molecule has 0 heterocycles. The van der Waals surface area contributed by atoms with Crippen molar-refractivity contribution in [1.29, 1.82) is 0 Å². The third-order valence-electron chi connectivity index (χ3n) is 4.94. The molecule has 0 aromatic heterocycles. The molecule has 9 nitrogen and oxygen atoms in total. The highest BCUT2D eigenvalue weighted by Crippen LogP contribution is 2.04. The van der Waals surface area contributed by atoms with Crippen LogP contribution in [0.1, 0.15) is 78.1 Å². The summed E-state index contributed by atoms with van der Waals surface area (Å²) in [6.07, 6.45) is 9.54. The maximum absolute atomic E-state index is 11.5. The lowest BCUT2D eigenvalue weighted by atomic mass is 10.2. The Kier molecular flexibility index (Phi) is 27.9. The summed E-state index contributed by atoms with van der Waals surface area (Å²) in [7, 11) is 0. The summed E-state index contributed by atoms with van der Waals surface area (Å²) < 4.78 is 37.2. The Hall–Kier alpha value is -1.26. The van der Waals surface area contributed by atoms with E-state index in [0.29, 0.717) is 78.9 Å². The molecule has 0 N–H and O–H groups in total. The zero-order valence-corrected chi connectivity index (χ0v) is 22.2. The van der Waals surface area contributed by atoms with Crippen LogP contribution in [0.2, 0.25) is 0 Å². The third kappa shape index (κ3) is 28.9. The lowest BCUT2D eigenvalue weighted by Crippen LogP contribution is -2.15. The SMILES string of the molecule is CCCCCCC(=O)OCCOCCOCCOCCOCCOCCOC(=O)CCCCCC. The third-order valence-corrected chi connectivity index (χ3v) is 4.94. The van der Waals surface area contributed by atoms with Crippen LogP contribution in [0.25, 0.3) is 0 Å². The molecule has 208 valence electrons. The van der Waals surface area contributed by atoms with Crippen LogP contribution in [0, 0.1) is 0 Å². The highest BCUT2D eigenvalue weighted by molar-refractivity contribution is 5.69. The predicted octanol–water partition coefficient (Wildman–Crippen LogP) is 4.10. The van der Waals surface area contributed by atoms with Gasteiger partial charge in [0.2, 0.25) is 0 Å². The fraction of sp³-hybridized carbons (Fsp3) is 0.923. The van der Waals surface area contributed by atoms with E-state index < -0.39 is 0 Å². The molecule has 35 heavy (non-hydrogen) atoms.